The van der Waals surface area contributed by atoms with Crippen molar-refractivity contribution in [3.05, 3.63) is 30.2 Å². The lowest BCUT2D eigenvalue weighted by Gasteiger charge is -2.09. The number of hydrogen-bond acceptors (Lipinski definition) is 5. The molecular weight excluding hydrogens is 299 g/mol. The Bertz CT molecular complexity index is 640. The number of alkyl halides is 3. The van der Waals surface area contributed by atoms with E-state index in [2.05, 4.69) is 20.2 Å². The summed E-state index contributed by atoms with van der Waals surface area (Å²) in [4.78, 5) is 4.34. The van der Waals surface area contributed by atoms with E-state index in [1.54, 1.807) is 0 Å². The zero-order valence-electron chi connectivity index (χ0n) is 11.7. The van der Waals surface area contributed by atoms with Gasteiger partial charge in [-0.05, 0) is 44.2 Å². The monoisotopic (exact) mass is 313 g/mol. The van der Waals surface area contributed by atoms with Crippen molar-refractivity contribution in [3.63, 3.8) is 0 Å². The van der Waals surface area contributed by atoms with Crippen LogP contribution in [0.3, 0.4) is 0 Å². The fourth-order valence-electron chi connectivity index (χ4n) is 2.50. The largest absolute Gasteiger partial charge is 0.573 e. The highest BCUT2D eigenvalue weighted by Gasteiger charge is 2.31. The number of rotatable bonds is 3. The minimum absolute atomic E-state index is 0.161. The lowest BCUT2D eigenvalue weighted by molar-refractivity contribution is -0.274. The second-order valence-corrected chi connectivity index (χ2v) is 5.17. The maximum Gasteiger partial charge on any atom is 0.573 e. The van der Waals surface area contributed by atoms with E-state index in [1.807, 2.05) is 6.92 Å². The Balaban J connectivity index is 1.76. The highest BCUT2D eigenvalue weighted by molar-refractivity contribution is 5.55. The number of ether oxygens (including phenoxy) is 1. The summed E-state index contributed by atoms with van der Waals surface area (Å²) < 4.78 is 45.4. The zero-order chi connectivity index (χ0) is 15.7. The van der Waals surface area contributed by atoms with Crippen LogP contribution in [-0.4, -0.2) is 29.1 Å². The lowest BCUT2D eigenvalue weighted by Crippen LogP contribution is -2.21. The first-order valence-electron chi connectivity index (χ1n) is 6.85. The van der Waals surface area contributed by atoms with Gasteiger partial charge in [0.05, 0.1) is 5.92 Å². The molecule has 0 bridgehead atoms. The van der Waals surface area contributed by atoms with Gasteiger partial charge in [0.2, 0.25) is 11.7 Å². The summed E-state index contributed by atoms with van der Waals surface area (Å²) in [6, 6.07) is 5.63. The van der Waals surface area contributed by atoms with Crippen LogP contribution in [-0.2, 0) is 0 Å². The number of nitrogens with one attached hydrogen (secondary N) is 1. The molecule has 2 aromatic rings. The average molecular weight is 313 g/mol. The molecule has 0 spiro atoms. The van der Waals surface area contributed by atoms with Crippen LogP contribution in [0.25, 0.3) is 11.4 Å². The van der Waals surface area contributed by atoms with Crippen molar-refractivity contribution in [2.45, 2.75) is 31.7 Å². The molecule has 22 heavy (non-hydrogen) atoms. The zero-order valence-corrected chi connectivity index (χ0v) is 11.7. The Labute approximate surface area is 124 Å². The molecule has 1 aromatic heterocycles. The van der Waals surface area contributed by atoms with Gasteiger partial charge in [-0.1, -0.05) is 5.16 Å². The fourth-order valence-corrected chi connectivity index (χ4v) is 2.50. The van der Waals surface area contributed by atoms with E-state index in [0.29, 0.717) is 17.3 Å². The topological polar surface area (TPSA) is 60.2 Å². The van der Waals surface area contributed by atoms with Gasteiger partial charge in [-0.15, -0.1) is 13.2 Å². The molecule has 1 N–H and O–H groups in total. The van der Waals surface area contributed by atoms with Crippen molar-refractivity contribution in [2.75, 3.05) is 6.54 Å². The smallest absolute Gasteiger partial charge is 0.406 e. The SMILES string of the molecule is CC1NCCC1c1nc(-c2ccc(OC(F)(F)F)cc2)no1. The third-order valence-corrected chi connectivity index (χ3v) is 3.63. The van der Waals surface area contributed by atoms with E-state index in [0.717, 1.165) is 13.0 Å². The maximum absolute atomic E-state index is 12.1. The van der Waals surface area contributed by atoms with Crippen molar-refractivity contribution in [2.24, 2.45) is 0 Å². The summed E-state index contributed by atoms with van der Waals surface area (Å²) in [6.07, 6.45) is -3.78. The average Bonchev–Trinajstić information content (AvgIpc) is 3.06. The molecular formula is C14H14F3N3O2. The van der Waals surface area contributed by atoms with Gasteiger partial charge >= 0.3 is 6.36 Å². The first-order chi connectivity index (χ1) is 10.4. The maximum atomic E-state index is 12.1. The van der Waals surface area contributed by atoms with Crippen LogP contribution >= 0.6 is 0 Å². The van der Waals surface area contributed by atoms with Crippen molar-refractivity contribution in [1.82, 2.24) is 15.5 Å². The standard InChI is InChI=1S/C14H14F3N3O2/c1-8-11(6-7-18-8)13-19-12(20-22-13)9-2-4-10(5-3-9)21-14(15,16)17/h2-5,8,11,18H,6-7H2,1H3. The highest BCUT2D eigenvalue weighted by atomic mass is 19.4. The molecule has 1 aromatic carbocycles. The van der Waals surface area contributed by atoms with Crippen molar-refractivity contribution < 1.29 is 22.4 Å². The molecule has 118 valence electrons. The summed E-state index contributed by atoms with van der Waals surface area (Å²) in [5.74, 6) is 0.776. The van der Waals surface area contributed by atoms with Gasteiger partial charge < -0.3 is 14.6 Å². The Morgan fingerprint density at radius 3 is 2.59 bits per heavy atom. The third-order valence-electron chi connectivity index (χ3n) is 3.63. The second-order valence-electron chi connectivity index (χ2n) is 5.17. The molecule has 2 unspecified atom stereocenters. The second kappa shape index (κ2) is 5.60. The Morgan fingerprint density at radius 1 is 1.27 bits per heavy atom. The third kappa shape index (κ3) is 3.22. The van der Waals surface area contributed by atoms with Crippen LogP contribution in [0.2, 0.25) is 0 Å². The molecule has 8 heteroatoms. The number of aromatic nitrogens is 2. The minimum Gasteiger partial charge on any atom is -0.406 e. The van der Waals surface area contributed by atoms with Gasteiger partial charge in [0.15, 0.2) is 0 Å². The predicted molar refractivity (Wildman–Crippen MR) is 71.2 cm³/mol. The molecule has 2 heterocycles. The highest BCUT2D eigenvalue weighted by Crippen LogP contribution is 2.29. The fraction of sp³-hybridized carbons (Fsp3) is 0.429. The van der Waals surface area contributed by atoms with Crippen molar-refractivity contribution >= 4 is 0 Å². The van der Waals surface area contributed by atoms with Gasteiger partial charge in [-0.3, -0.25) is 0 Å². The van der Waals surface area contributed by atoms with E-state index in [4.69, 9.17) is 4.52 Å². The van der Waals surface area contributed by atoms with Crippen LogP contribution in [0.1, 0.15) is 25.2 Å². The molecule has 1 saturated heterocycles. The lowest BCUT2D eigenvalue weighted by atomic mass is 10.0. The van der Waals surface area contributed by atoms with E-state index in [1.165, 1.54) is 24.3 Å². The molecule has 2 atom stereocenters. The number of halogens is 3. The Hall–Kier alpha value is -2.09. The van der Waals surface area contributed by atoms with Gasteiger partial charge in [-0.2, -0.15) is 4.98 Å². The molecule has 5 nitrogen and oxygen atoms in total. The molecule has 0 amide bonds. The van der Waals surface area contributed by atoms with Gasteiger partial charge in [0.25, 0.3) is 0 Å². The van der Waals surface area contributed by atoms with E-state index in [9.17, 15) is 13.2 Å². The summed E-state index contributed by atoms with van der Waals surface area (Å²) in [7, 11) is 0. The van der Waals surface area contributed by atoms with Crippen LogP contribution < -0.4 is 10.1 Å². The predicted octanol–water partition coefficient (Wildman–Crippen LogP) is 3.10. The van der Waals surface area contributed by atoms with Crippen molar-refractivity contribution in [3.8, 4) is 17.1 Å². The van der Waals surface area contributed by atoms with E-state index in [-0.39, 0.29) is 17.7 Å². The molecule has 3 rings (SSSR count). The van der Waals surface area contributed by atoms with Crippen LogP contribution in [0, 0.1) is 0 Å². The van der Waals surface area contributed by atoms with Gasteiger partial charge in [0.1, 0.15) is 5.75 Å². The molecule has 0 saturated carbocycles. The normalized spacial score (nSPS) is 22.0. The first-order valence-corrected chi connectivity index (χ1v) is 6.85. The first kappa shape index (κ1) is 14.8. The van der Waals surface area contributed by atoms with Gasteiger partial charge in [-0.25, -0.2) is 0 Å². The molecule has 1 fully saturated rings. The quantitative estimate of drug-likeness (QED) is 0.943. The Morgan fingerprint density at radius 2 is 2.00 bits per heavy atom. The summed E-state index contributed by atoms with van der Waals surface area (Å²) in [5, 5.41) is 7.19. The van der Waals surface area contributed by atoms with Gasteiger partial charge in [0, 0.05) is 11.6 Å². The van der Waals surface area contributed by atoms with E-state index >= 15 is 0 Å². The molecule has 0 radical (unpaired) electrons. The summed E-state index contributed by atoms with van der Waals surface area (Å²) in [6.45, 7) is 2.94. The van der Waals surface area contributed by atoms with Crippen LogP contribution in [0.15, 0.2) is 28.8 Å². The molecule has 0 aliphatic carbocycles. The number of nitrogens with zero attached hydrogens (tertiary/aromatic N) is 2. The number of hydrogen-bond donors (Lipinski definition) is 1. The van der Waals surface area contributed by atoms with Crippen molar-refractivity contribution in [1.29, 1.82) is 0 Å². The van der Waals surface area contributed by atoms with Crippen LogP contribution in [0.4, 0.5) is 13.2 Å². The summed E-state index contributed by atoms with van der Waals surface area (Å²) >= 11 is 0. The number of benzene rings is 1. The Kier molecular flexibility index (Phi) is 3.78. The minimum atomic E-state index is -4.70. The summed E-state index contributed by atoms with van der Waals surface area (Å²) in [5.41, 5.74) is 0.572. The van der Waals surface area contributed by atoms with E-state index < -0.39 is 6.36 Å². The molecule has 1 aliphatic rings. The van der Waals surface area contributed by atoms with Crippen LogP contribution in [0.5, 0.6) is 5.75 Å². The molecule has 1 aliphatic heterocycles.